The average molecular weight is 333 g/mol. The predicted octanol–water partition coefficient (Wildman–Crippen LogP) is 1.71. The van der Waals surface area contributed by atoms with E-state index in [0.717, 1.165) is 26.2 Å². The molecule has 1 atom stereocenters. The number of allylic oxidation sites excluding steroid dienone is 1. The van der Waals surface area contributed by atoms with Gasteiger partial charge in [-0.05, 0) is 19.1 Å². The molecule has 1 aromatic rings. The number of ether oxygens (including phenoxy) is 2. The van der Waals surface area contributed by atoms with Gasteiger partial charge >= 0.3 is 0 Å². The highest BCUT2D eigenvalue weighted by atomic mass is 16.5. The molecule has 2 N–H and O–H groups in total. The number of pyridine rings is 1. The number of nitrogens with two attached hydrogens (primary N) is 1. The Morgan fingerprint density at radius 3 is 2.92 bits per heavy atom. The fraction of sp³-hybridized carbons (Fsp3) is 0.556. The summed E-state index contributed by atoms with van der Waals surface area (Å²) in [6, 6.07) is 3.59. The predicted molar refractivity (Wildman–Crippen MR) is 93.6 cm³/mol. The lowest BCUT2D eigenvalue weighted by Gasteiger charge is -2.30. The fourth-order valence-electron chi connectivity index (χ4n) is 2.62. The number of hydrogen-bond donors (Lipinski definition) is 1. The van der Waals surface area contributed by atoms with E-state index in [1.165, 1.54) is 6.20 Å². The van der Waals surface area contributed by atoms with Crippen LogP contribution < -0.4 is 10.5 Å². The van der Waals surface area contributed by atoms with Crippen molar-refractivity contribution in [2.45, 2.75) is 26.9 Å². The Kier molecular flexibility index (Phi) is 6.75. The molecule has 24 heavy (non-hydrogen) atoms. The first-order valence-electron chi connectivity index (χ1n) is 8.40. The molecule has 1 aliphatic heterocycles. The van der Waals surface area contributed by atoms with E-state index in [9.17, 15) is 4.79 Å². The second-order valence-electron chi connectivity index (χ2n) is 6.31. The standard InChI is InChI=1S/C18H27N3O3/c1-13(2)18(22)16(10-19)17-5-4-15(11-20-17)24-9-7-21-6-8-23-14(3)12-21/h4-5,10-11,13-14H,6-9,12,19H2,1-3H3. The van der Waals surface area contributed by atoms with E-state index in [1.807, 2.05) is 19.9 Å². The summed E-state index contributed by atoms with van der Waals surface area (Å²) in [4.78, 5) is 18.7. The molecule has 1 saturated heterocycles. The number of aromatic nitrogens is 1. The molecular formula is C18H27N3O3. The zero-order valence-electron chi connectivity index (χ0n) is 14.7. The van der Waals surface area contributed by atoms with Crippen molar-refractivity contribution in [2.24, 2.45) is 11.7 Å². The second kappa shape index (κ2) is 8.80. The molecule has 0 bridgehead atoms. The van der Waals surface area contributed by atoms with Crippen LogP contribution in [-0.2, 0) is 9.53 Å². The summed E-state index contributed by atoms with van der Waals surface area (Å²) in [5.74, 6) is 0.557. The summed E-state index contributed by atoms with van der Waals surface area (Å²) in [5.41, 5.74) is 6.60. The average Bonchev–Trinajstić information content (AvgIpc) is 2.57. The van der Waals surface area contributed by atoms with Crippen LogP contribution in [0, 0.1) is 5.92 Å². The van der Waals surface area contributed by atoms with Crippen molar-refractivity contribution in [2.75, 3.05) is 32.8 Å². The molecule has 0 amide bonds. The van der Waals surface area contributed by atoms with Crippen molar-refractivity contribution in [1.82, 2.24) is 9.88 Å². The second-order valence-corrected chi connectivity index (χ2v) is 6.31. The van der Waals surface area contributed by atoms with Gasteiger partial charge in [0.15, 0.2) is 5.78 Å². The van der Waals surface area contributed by atoms with Crippen LogP contribution >= 0.6 is 0 Å². The monoisotopic (exact) mass is 333 g/mol. The minimum Gasteiger partial charge on any atom is -0.491 e. The third-order valence-electron chi connectivity index (χ3n) is 3.97. The first kappa shape index (κ1) is 18.4. The number of carbonyl (C=O) groups is 1. The van der Waals surface area contributed by atoms with E-state index in [4.69, 9.17) is 15.2 Å². The Labute approximate surface area is 143 Å². The molecule has 2 heterocycles. The molecule has 6 nitrogen and oxygen atoms in total. The zero-order chi connectivity index (χ0) is 17.5. The highest BCUT2D eigenvalue weighted by Crippen LogP contribution is 2.19. The quantitative estimate of drug-likeness (QED) is 0.765. The summed E-state index contributed by atoms with van der Waals surface area (Å²) in [7, 11) is 0. The third-order valence-corrected chi connectivity index (χ3v) is 3.97. The van der Waals surface area contributed by atoms with Crippen LogP contribution in [0.25, 0.3) is 5.57 Å². The molecule has 1 unspecified atom stereocenters. The van der Waals surface area contributed by atoms with Crippen LogP contribution in [0.3, 0.4) is 0 Å². The van der Waals surface area contributed by atoms with Crippen molar-refractivity contribution >= 4 is 11.4 Å². The molecule has 0 aromatic carbocycles. The Balaban J connectivity index is 1.86. The summed E-state index contributed by atoms with van der Waals surface area (Å²) >= 11 is 0. The molecule has 0 radical (unpaired) electrons. The van der Waals surface area contributed by atoms with E-state index < -0.39 is 0 Å². The van der Waals surface area contributed by atoms with Crippen LogP contribution in [0.1, 0.15) is 26.5 Å². The SMILES string of the molecule is CC1CN(CCOc2ccc(C(=CN)C(=O)C(C)C)nc2)CCO1. The van der Waals surface area contributed by atoms with Gasteiger partial charge in [0.05, 0.1) is 30.2 Å². The first-order valence-corrected chi connectivity index (χ1v) is 8.40. The third kappa shape index (κ3) is 5.04. The molecular weight excluding hydrogens is 306 g/mol. The lowest BCUT2D eigenvalue weighted by Crippen LogP contribution is -2.42. The van der Waals surface area contributed by atoms with Crippen molar-refractivity contribution in [3.8, 4) is 5.75 Å². The first-order chi connectivity index (χ1) is 11.5. The van der Waals surface area contributed by atoms with Crippen LogP contribution in [-0.4, -0.2) is 54.6 Å². The van der Waals surface area contributed by atoms with Crippen LogP contribution in [0.15, 0.2) is 24.5 Å². The van der Waals surface area contributed by atoms with E-state index >= 15 is 0 Å². The number of morpholine rings is 1. The number of hydrogen-bond acceptors (Lipinski definition) is 6. The van der Waals surface area contributed by atoms with Gasteiger partial charge in [-0.1, -0.05) is 13.8 Å². The minimum absolute atomic E-state index is 0.0138. The van der Waals surface area contributed by atoms with Gasteiger partial charge in [0, 0.05) is 31.8 Å². The van der Waals surface area contributed by atoms with Crippen molar-refractivity contribution in [1.29, 1.82) is 0 Å². The molecule has 1 aromatic heterocycles. The number of rotatable bonds is 7. The topological polar surface area (TPSA) is 77.7 Å². The van der Waals surface area contributed by atoms with E-state index in [1.54, 1.807) is 12.3 Å². The molecule has 1 fully saturated rings. The molecule has 132 valence electrons. The molecule has 0 spiro atoms. The lowest BCUT2D eigenvalue weighted by molar-refractivity contribution is -0.116. The maximum atomic E-state index is 12.1. The van der Waals surface area contributed by atoms with Crippen LogP contribution in [0.4, 0.5) is 0 Å². The Morgan fingerprint density at radius 2 is 2.33 bits per heavy atom. The van der Waals surface area contributed by atoms with E-state index in [2.05, 4.69) is 16.8 Å². The van der Waals surface area contributed by atoms with Gasteiger partial charge in [-0.2, -0.15) is 0 Å². The number of nitrogens with zero attached hydrogens (tertiary/aromatic N) is 2. The van der Waals surface area contributed by atoms with Gasteiger partial charge in [0.1, 0.15) is 12.4 Å². The van der Waals surface area contributed by atoms with Crippen molar-refractivity contribution < 1.29 is 14.3 Å². The Morgan fingerprint density at radius 1 is 1.54 bits per heavy atom. The summed E-state index contributed by atoms with van der Waals surface area (Å²) < 4.78 is 11.3. The van der Waals surface area contributed by atoms with Crippen LogP contribution in [0.2, 0.25) is 0 Å². The highest BCUT2D eigenvalue weighted by molar-refractivity contribution is 6.20. The largest absolute Gasteiger partial charge is 0.491 e. The molecule has 2 rings (SSSR count). The van der Waals surface area contributed by atoms with Crippen molar-refractivity contribution in [3.63, 3.8) is 0 Å². The fourth-order valence-corrected chi connectivity index (χ4v) is 2.62. The molecule has 1 aliphatic rings. The Bertz CT molecular complexity index is 569. The smallest absolute Gasteiger partial charge is 0.169 e. The number of carbonyl (C=O) groups excluding carboxylic acids is 1. The summed E-state index contributed by atoms with van der Waals surface area (Å²) in [6.45, 7) is 9.86. The summed E-state index contributed by atoms with van der Waals surface area (Å²) in [5, 5.41) is 0. The van der Waals surface area contributed by atoms with E-state index in [-0.39, 0.29) is 17.8 Å². The molecule has 6 heteroatoms. The summed E-state index contributed by atoms with van der Waals surface area (Å²) in [6.07, 6.45) is 3.23. The van der Waals surface area contributed by atoms with E-state index in [0.29, 0.717) is 23.6 Å². The van der Waals surface area contributed by atoms with Gasteiger partial charge in [-0.25, -0.2) is 0 Å². The molecule has 0 aliphatic carbocycles. The lowest BCUT2D eigenvalue weighted by atomic mass is 9.99. The maximum absolute atomic E-state index is 12.1. The van der Waals surface area contributed by atoms with Gasteiger partial charge < -0.3 is 15.2 Å². The maximum Gasteiger partial charge on any atom is 0.169 e. The molecule has 0 saturated carbocycles. The highest BCUT2D eigenvalue weighted by Gasteiger charge is 2.17. The van der Waals surface area contributed by atoms with Gasteiger partial charge in [-0.3, -0.25) is 14.7 Å². The van der Waals surface area contributed by atoms with Crippen molar-refractivity contribution in [3.05, 3.63) is 30.2 Å². The normalized spacial score (nSPS) is 19.5. The number of ketones is 1. The van der Waals surface area contributed by atoms with Gasteiger partial charge in [0.2, 0.25) is 0 Å². The number of Topliss-reactive ketones (excluding diaryl/α,β-unsaturated/α-hetero) is 1. The van der Waals surface area contributed by atoms with Gasteiger partial charge in [-0.15, -0.1) is 0 Å². The van der Waals surface area contributed by atoms with Crippen LogP contribution in [0.5, 0.6) is 5.75 Å². The minimum atomic E-state index is -0.117. The Hall–Kier alpha value is -1.92. The zero-order valence-corrected chi connectivity index (χ0v) is 14.7. The van der Waals surface area contributed by atoms with Gasteiger partial charge in [0.25, 0.3) is 0 Å².